The van der Waals surface area contributed by atoms with Crippen molar-refractivity contribution in [1.29, 1.82) is 0 Å². The molecular weight excluding hydrogens is 330 g/mol. The molecule has 3 aromatic rings. The number of allylic oxidation sites excluding steroid dienone is 1. The van der Waals surface area contributed by atoms with Gasteiger partial charge in [0.25, 0.3) is 0 Å². The van der Waals surface area contributed by atoms with Gasteiger partial charge >= 0.3 is 0 Å². The average molecular weight is 353 g/mol. The number of nitrogen functional groups attached to an aromatic ring is 1. The second-order valence-corrected chi connectivity index (χ2v) is 7.44. The Morgan fingerprint density at radius 3 is 2.58 bits per heavy atom. The van der Waals surface area contributed by atoms with E-state index in [1.807, 2.05) is 45.4 Å². The topological polar surface area (TPSA) is 90.2 Å². The normalized spacial score (nSPS) is 11.7. The molecule has 0 bridgehead atoms. The third-order valence-corrected chi connectivity index (χ3v) is 4.07. The van der Waals surface area contributed by atoms with Crippen LogP contribution >= 0.6 is 0 Å². The van der Waals surface area contributed by atoms with E-state index in [1.165, 1.54) is 4.90 Å². The molecular formula is C19H23N5O2. The van der Waals surface area contributed by atoms with Crippen molar-refractivity contribution in [3.05, 3.63) is 36.6 Å². The summed E-state index contributed by atoms with van der Waals surface area (Å²) in [5.41, 5.74) is 8.14. The zero-order chi connectivity index (χ0) is 19.2. The van der Waals surface area contributed by atoms with Gasteiger partial charge in [0.05, 0.1) is 11.0 Å². The Kier molecular flexibility index (Phi) is 4.10. The van der Waals surface area contributed by atoms with E-state index in [0.29, 0.717) is 28.7 Å². The van der Waals surface area contributed by atoms with Gasteiger partial charge in [-0.15, -0.1) is 0 Å². The molecule has 2 N–H and O–H groups in total. The highest BCUT2D eigenvalue weighted by Gasteiger charge is 2.34. The molecule has 1 amide bonds. The van der Waals surface area contributed by atoms with E-state index in [-0.39, 0.29) is 5.91 Å². The number of carbonyl (C=O) groups excluding carboxylic acids is 1. The van der Waals surface area contributed by atoms with Crippen LogP contribution in [0.1, 0.15) is 33.5 Å². The van der Waals surface area contributed by atoms with Gasteiger partial charge in [-0.05, 0) is 30.7 Å². The smallest absolute Gasteiger partial charge is 0.240 e. The number of fused-ring (bicyclic) bond motifs is 1. The molecule has 0 saturated heterocycles. The van der Waals surface area contributed by atoms with Crippen LogP contribution in [0.4, 0.5) is 17.5 Å². The summed E-state index contributed by atoms with van der Waals surface area (Å²) in [5.74, 6) is 1.20. The number of anilines is 3. The number of imidazole rings is 1. The minimum absolute atomic E-state index is 0.148. The van der Waals surface area contributed by atoms with Crippen LogP contribution in [-0.2, 0) is 11.8 Å². The van der Waals surface area contributed by atoms with Crippen LogP contribution < -0.4 is 10.6 Å². The Hall–Kier alpha value is -3.09. The van der Waals surface area contributed by atoms with Crippen LogP contribution in [0.3, 0.4) is 0 Å². The number of aromatic nitrogens is 3. The number of amides is 1. The van der Waals surface area contributed by atoms with Gasteiger partial charge in [0.15, 0.2) is 11.6 Å². The summed E-state index contributed by atoms with van der Waals surface area (Å²) in [7, 11) is 1.85. The average Bonchev–Trinajstić information content (AvgIpc) is 3.13. The van der Waals surface area contributed by atoms with Crippen molar-refractivity contribution in [2.75, 3.05) is 10.6 Å². The summed E-state index contributed by atoms with van der Waals surface area (Å²) in [6.45, 7) is 11.2. The van der Waals surface area contributed by atoms with Gasteiger partial charge in [-0.1, -0.05) is 32.5 Å². The molecule has 0 spiro atoms. The van der Waals surface area contributed by atoms with Crippen molar-refractivity contribution in [1.82, 2.24) is 14.7 Å². The van der Waals surface area contributed by atoms with Crippen molar-refractivity contribution in [2.24, 2.45) is 12.5 Å². The molecule has 2 heterocycles. The highest BCUT2D eigenvalue weighted by Crippen LogP contribution is 2.33. The molecule has 0 aliphatic heterocycles. The highest BCUT2D eigenvalue weighted by molar-refractivity contribution is 6.02. The number of nitrogens with zero attached hydrogens (tertiary/aromatic N) is 4. The maximum atomic E-state index is 13.2. The van der Waals surface area contributed by atoms with E-state index in [1.54, 1.807) is 18.2 Å². The van der Waals surface area contributed by atoms with Gasteiger partial charge in [0, 0.05) is 24.2 Å². The maximum Gasteiger partial charge on any atom is 0.240 e. The van der Waals surface area contributed by atoms with E-state index >= 15 is 0 Å². The van der Waals surface area contributed by atoms with Gasteiger partial charge in [0.2, 0.25) is 11.9 Å². The maximum absolute atomic E-state index is 13.2. The van der Waals surface area contributed by atoms with Gasteiger partial charge in [-0.3, -0.25) is 4.79 Å². The molecule has 136 valence electrons. The molecule has 0 unspecified atom stereocenters. The van der Waals surface area contributed by atoms with Crippen LogP contribution in [-0.4, -0.2) is 20.6 Å². The fourth-order valence-corrected chi connectivity index (χ4v) is 2.61. The molecule has 0 aliphatic rings. The van der Waals surface area contributed by atoms with Crippen LogP contribution in [0.15, 0.2) is 35.4 Å². The fourth-order valence-electron chi connectivity index (χ4n) is 2.61. The number of nitrogens with two attached hydrogens (primary N) is 1. The molecule has 3 rings (SSSR count). The highest BCUT2D eigenvalue weighted by atomic mass is 16.5. The van der Waals surface area contributed by atoms with Crippen LogP contribution in [0.5, 0.6) is 0 Å². The first kappa shape index (κ1) is 17.7. The molecule has 7 nitrogen and oxygen atoms in total. The van der Waals surface area contributed by atoms with Crippen LogP contribution in [0, 0.1) is 5.41 Å². The number of carbonyl (C=O) groups is 1. The van der Waals surface area contributed by atoms with Gasteiger partial charge < -0.3 is 14.8 Å². The Morgan fingerprint density at radius 2 is 2.00 bits per heavy atom. The lowest BCUT2D eigenvalue weighted by Crippen LogP contribution is -2.37. The molecule has 1 aromatic carbocycles. The van der Waals surface area contributed by atoms with Crippen molar-refractivity contribution in [2.45, 2.75) is 27.7 Å². The third-order valence-electron chi connectivity index (χ3n) is 4.07. The monoisotopic (exact) mass is 353 g/mol. The lowest BCUT2D eigenvalue weighted by molar-refractivity contribution is -0.125. The zero-order valence-corrected chi connectivity index (χ0v) is 15.7. The Balaban J connectivity index is 2.22. The van der Waals surface area contributed by atoms with Crippen LogP contribution in [0.25, 0.3) is 16.6 Å². The molecule has 0 fully saturated rings. The van der Waals surface area contributed by atoms with E-state index in [9.17, 15) is 4.79 Å². The summed E-state index contributed by atoms with van der Waals surface area (Å²) >= 11 is 0. The van der Waals surface area contributed by atoms with Crippen LogP contribution in [0.2, 0.25) is 0 Å². The van der Waals surface area contributed by atoms with Crippen molar-refractivity contribution >= 4 is 40.0 Å². The standard InChI is InChI=1S/C19H23N5O2/c1-11(2)15-10-16(22-26-15)24(17(25)19(3,4)5)18-21-13-9-12(20)7-8-14(13)23(18)6/h7-10H,1,20H2,2-6H3. The number of hydrogen-bond donors (Lipinski definition) is 1. The summed E-state index contributed by atoms with van der Waals surface area (Å²) in [4.78, 5) is 19.3. The molecule has 0 aliphatic carbocycles. The quantitative estimate of drug-likeness (QED) is 0.722. The summed E-state index contributed by atoms with van der Waals surface area (Å²) in [6, 6.07) is 7.16. The third kappa shape index (κ3) is 2.96. The first-order chi connectivity index (χ1) is 12.1. The Morgan fingerprint density at radius 1 is 1.31 bits per heavy atom. The molecule has 0 saturated carbocycles. The first-order valence-electron chi connectivity index (χ1n) is 8.28. The summed E-state index contributed by atoms with van der Waals surface area (Å²) in [5, 5.41) is 4.07. The van der Waals surface area contributed by atoms with E-state index in [2.05, 4.69) is 16.7 Å². The first-order valence-corrected chi connectivity index (χ1v) is 8.28. The number of aryl methyl sites for hydroxylation is 1. The fraction of sp³-hybridized carbons (Fsp3) is 0.316. The van der Waals surface area contributed by atoms with Crippen molar-refractivity contribution < 1.29 is 9.32 Å². The number of benzene rings is 1. The molecule has 7 heteroatoms. The summed E-state index contributed by atoms with van der Waals surface area (Å²) < 4.78 is 7.16. The minimum atomic E-state index is -0.639. The van der Waals surface area contributed by atoms with E-state index in [0.717, 1.165) is 11.1 Å². The molecule has 0 atom stereocenters. The Labute approximate surface area is 152 Å². The lowest BCUT2D eigenvalue weighted by Gasteiger charge is -2.26. The molecule has 0 radical (unpaired) electrons. The zero-order valence-electron chi connectivity index (χ0n) is 15.7. The van der Waals surface area contributed by atoms with Gasteiger partial charge in [0.1, 0.15) is 0 Å². The molecule has 2 aromatic heterocycles. The summed E-state index contributed by atoms with van der Waals surface area (Å²) in [6.07, 6.45) is 0. The van der Waals surface area contributed by atoms with E-state index in [4.69, 9.17) is 10.3 Å². The van der Waals surface area contributed by atoms with Crippen molar-refractivity contribution in [3.63, 3.8) is 0 Å². The van der Waals surface area contributed by atoms with E-state index < -0.39 is 5.41 Å². The number of rotatable bonds is 3. The van der Waals surface area contributed by atoms with Gasteiger partial charge in [-0.25, -0.2) is 9.88 Å². The second kappa shape index (κ2) is 6.01. The SMILES string of the molecule is C=C(C)c1cc(N(C(=O)C(C)(C)C)c2nc3cc(N)ccc3n2C)no1. The molecule has 26 heavy (non-hydrogen) atoms. The lowest BCUT2D eigenvalue weighted by atomic mass is 9.95. The van der Waals surface area contributed by atoms with Crippen molar-refractivity contribution in [3.8, 4) is 0 Å². The minimum Gasteiger partial charge on any atom is -0.399 e. The Bertz CT molecular complexity index is 1010. The van der Waals surface area contributed by atoms with Gasteiger partial charge in [-0.2, -0.15) is 0 Å². The predicted octanol–water partition coefficient (Wildman–Crippen LogP) is 3.89. The number of hydrogen-bond acceptors (Lipinski definition) is 5. The largest absolute Gasteiger partial charge is 0.399 e. The predicted molar refractivity (Wildman–Crippen MR) is 103 cm³/mol. The second-order valence-electron chi connectivity index (χ2n) is 7.44.